The van der Waals surface area contributed by atoms with Crippen molar-refractivity contribution in [3.05, 3.63) is 12.2 Å². The van der Waals surface area contributed by atoms with E-state index in [1.165, 1.54) is 4.90 Å². The molecule has 0 unspecified atom stereocenters. The largest absolute Gasteiger partial charge is 0.282 e. The lowest BCUT2D eigenvalue weighted by Gasteiger charge is -2.14. The first-order valence-electron chi connectivity index (χ1n) is 5.63. The number of carbonyl (C=O) groups is 2. The summed E-state index contributed by atoms with van der Waals surface area (Å²) in [4.78, 5) is 25.2. The topological polar surface area (TPSA) is 61.2 Å². The number of carbonyl (C=O) groups excluding carboxylic acids is 2. The van der Waals surface area contributed by atoms with Crippen molar-refractivity contribution in [2.45, 2.75) is 25.7 Å². The number of nitriles is 1. The van der Waals surface area contributed by atoms with Crippen LogP contribution in [0.2, 0.25) is 0 Å². The van der Waals surface area contributed by atoms with Crippen LogP contribution in [0.15, 0.2) is 12.2 Å². The van der Waals surface area contributed by atoms with Crippen molar-refractivity contribution in [2.24, 2.45) is 11.8 Å². The summed E-state index contributed by atoms with van der Waals surface area (Å²) in [5, 5.41) is 8.43. The van der Waals surface area contributed by atoms with Gasteiger partial charge in [-0.2, -0.15) is 5.26 Å². The molecule has 16 heavy (non-hydrogen) atoms. The van der Waals surface area contributed by atoms with Crippen LogP contribution < -0.4 is 0 Å². The molecule has 0 bridgehead atoms. The second-order valence-electron chi connectivity index (χ2n) is 4.25. The highest BCUT2D eigenvalue weighted by Gasteiger charge is 2.46. The zero-order valence-corrected chi connectivity index (χ0v) is 9.06. The minimum Gasteiger partial charge on any atom is -0.282 e. The van der Waals surface area contributed by atoms with E-state index >= 15 is 0 Å². The molecule has 0 aromatic rings. The fourth-order valence-electron chi connectivity index (χ4n) is 2.41. The smallest absolute Gasteiger partial charge is 0.233 e. The highest BCUT2D eigenvalue weighted by atomic mass is 16.2. The van der Waals surface area contributed by atoms with Gasteiger partial charge in [0, 0.05) is 13.0 Å². The van der Waals surface area contributed by atoms with E-state index in [0.29, 0.717) is 32.2 Å². The van der Waals surface area contributed by atoms with Gasteiger partial charge in [-0.15, -0.1) is 0 Å². The van der Waals surface area contributed by atoms with E-state index in [-0.39, 0.29) is 23.7 Å². The van der Waals surface area contributed by atoms with E-state index in [9.17, 15) is 9.59 Å². The molecular formula is C12H14N2O2. The Kier molecular flexibility index (Phi) is 3.04. The molecule has 2 atom stereocenters. The zero-order chi connectivity index (χ0) is 11.5. The van der Waals surface area contributed by atoms with Crippen molar-refractivity contribution in [2.75, 3.05) is 6.54 Å². The van der Waals surface area contributed by atoms with E-state index < -0.39 is 0 Å². The van der Waals surface area contributed by atoms with Crippen LogP contribution in [0.4, 0.5) is 0 Å². The minimum atomic E-state index is -0.139. The van der Waals surface area contributed by atoms with Gasteiger partial charge in [0.25, 0.3) is 0 Å². The Morgan fingerprint density at radius 3 is 2.31 bits per heavy atom. The van der Waals surface area contributed by atoms with Crippen molar-refractivity contribution in [3.8, 4) is 6.07 Å². The Balaban J connectivity index is 2.03. The Hall–Kier alpha value is -1.63. The lowest BCUT2D eigenvalue weighted by molar-refractivity contribution is -0.139. The molecule has 0 spiro atoms. The molecule has 1 heterocycles. The molecule has 4 nitrogen and oxygen atoms in total. The van der Waals surface area contributed by atoms with Gasteiger partial charge in [0.05, 0.1) is 17.9 Å². The number of hydrogen-bond donors (Lipinski definition) is 0. The van der Waals surface area contributed by atoms with Crippen LogP contribution in [0.5, 0.6) is 0 Å². The van der Waals surface area contributed by atoms with Crippen molar-refractivity contribution < 1.29 is 9.59 Å². The molecule has 0 aromatic heterocycles. The predicted molar refractivity (Wildman–Crippen MR) is 56.9 cm³/mol. The average molecular weight is 218 g/mol. The Labute approximate surface area is 94.5 Å². The average Bonchev–Trinajstić information content (AvgIpc) is 2.55. The summed E-state index contributed by atoms with van der Waals surface area (Å²) in [6.45, 7) is 0.401. The number of fused-ring (bicyclic) bond motifs is 1. The first-order chi connectivity index (χ1) is 7.75. The normalized spacial score (nSPS) is 28.1. The highest BCUT2D eigenvalue weighted by molar-refractivity contribution is 6.05. The maximum absolute atomic E-state index is 11.9. The molecule has 84 valence electrons. The lowest BCUT2D eigenvalue weighted by Crippen LogP contribution is -2.32. The summed E-state index contributed by atoms with van der Waals surface area (Å²) in [5.74, 6) is -0.367. The molecule has 1 aliphatic heterocycles. The number of likely N-dealkylation sites (tertiary alicyclic amines) is 1. The van der Waals surface area contributed by atoms with Gasteiger partial charge in [0.1, 0.15) is 0 Å². The monoisotopic (exact) mass is 218 g/mol. The maximum Gasteiger partial charge on any atom is 0.233 e. The molecule has 1 saturated heterocycles. The van der Waals surface area contributed by atoms with Gasteiger partial charge in [-0.3, -0.25) is 14.5 Å². The molecule has 0 aromatic carbocycles. The number of unbranched alkanes of at least 4 members (excludes halogenated alkanes) is 1. The molecular weight excluding hydrogens is 204 g/mol. The fourth-order valence-corrected chi connectivity index (χ4v) is 2.41. The summed E-state index contributed by atoms with van der Waals surface area (Å²) in [6.07, 6.45) is 6.30. The van der Waals surface area contributed by atoms with Crippen LogP contribution in [0.3, 0.4) is 0 Å². The van der Waals surface area contributed by atoms with Gasteiger partial charge in [-0.25, -0.2) is 0 Å². The number of allylic oxidation sites excluding steroid dienone is 2. The summed E-state index contributed by atoms with van der Waals surface area (Å²) in [6, 6.07) is 2.02. The molecule has 0 radical (unpaired) electrons. The molecule has 0 N–H and O–H groups in total. The molecule has 1 aliphatic carbocycles. The molecule has 1 fully saturated rings. The Morgan fingerprint density at radius 1 is 1.25 bits per heavy atom. The molecule has 2 aliphatic rings. The predicted octanol–water partition coefficient (Wildman–Crippen LogP) is 1.24. The van der Waals surface area contributed by atoms with E-state index in [4.69, 9.17) is 5.26 Å². The van der Waals surface area contributed by atoms with Crippen LogP contribution in [-0.2, 0) is 9.59 Å². The van der Waals surface area contributed by atoms with E-state index in [0.717, 1.165) is 0 Å². The first-order valence-corrected chi connectivity index (χ1v) is 5.63. The van der Waals surface area contributed by atoms with Gasteiger partial charge in [-0.1, -0.05) is 12.2 Å². The Bertz CT molecular complexity index is 355. The van der Waals surface area contributed by atoms with Gasteiger partial charge in [0.15, 0.2) is 0 Å². The van der Waals surface area contributed by atoms with Crippen molar-refractivity contribution in [1.29, 1.82) is 5.26 Å². The van der Waals surface area contributed by atoms with E-state index in [2.05, 4.69) is 0 Å². The second kappa shape index (κ2) is 4.48. The summed E-state index contributed by atoms with van der Waals surface area (Å²) >= 11 is 0. The number of nitrogens with zero attached hydrogens (tertiary/aromatic N) is 2. The van der Waals surface area contributed by atoms with Crippen LogP contribution in [0.25, 0.3) is 0 Å². The number of amides is 2. The highest BCUT2D eigenvalue weighted by Crippen LogP contribution is 2.34. The summed E-state index contributed by atoms with van der Waals surface area (Å²) in [7, 11) is 0. The summed E-state index contributed by atoms with van der Waals surface area (Å²) < 4.78 is 0. The Morgan fingerprint density at radius 2 is 1.81 bits per heavy atom. The number of rotatable bonds is 3. The van der Waals surface area contributed by atoms with E-state index in [1.54, 1.807) is 0 Å². The fraction of sp³-hybridized carbons (Fsp3) is 0.583. The van der Waals surface area contributed by atoms with E-state index in [1.807, 2.05) is 18.2 Å². The van der Waals surface area contributed by atoms with Gasteiger partial charge < -0.3 is 0 Å². The third-order valence-electron chi connectivity index (χ3n) is 3.27. The summed E-state index contributed by atoms with van der Waals surface area (Å²) in [5.41, 5.74) is 0. The number of hydrogen-bond acceptors (Lipinski definition) is 3. The number of imide groups is 1. The van der Waals surface area contributed by atoms with Crippen molar-refractivity contribution >= 4 is 11.8 Å². The molecule has 2 rings (SSSR count). The lowest BCUT2D eigenvalue weighted by atomic mass is 9.85. The van der Waals surface area contributed by atoms with Crippen molar-refractivity contribution in [3.63, 3.8) is 0 Å². The van der Waals surface area contributed by atoms with Crippen LogP contribution in [-0.4, -0.2) is 23.3 Å². The van der Waals surface area contributed by atoms with Gasteiger partial charge >= 0.3 is 0 Å². The van der Waals surface area contributed by atoms with Gasteiger partial charge in [0.2, 0.25) is 11.8 Å². The third-order valence-corrected chi connectivity index (χ3v) is 3.27. The van der Waals surface area contributed by atoms with Crippen LogP contribution >= 0.6 is 0 Å². The molecule has 0 saturated carbocycles. The first kappa shape index (κ1) is 10.9. The van der Waals surface area contributed by atoms with Crippen molar-refractivity contribution in [1.82, 2.24) is 4.90 Å². The molecule has 2 amide bonds. The zero-order valence-electron chi connectivity index (χ0n) is 9.06. The second-order valence-corrected chi connectivity index (χ2v) is 4.25. The maximum atomic E-state index is 11.9. The van der Waals surface area contributed by atoms with Gasteiger partial charge in [-0.05, 0) is 19.3 Å². The standard InChI is InChI=1S/C12H14N2O2/c13-7-3-4-8-14-11(15)9-5-1-2-6-10(9)12(14)16/h1-2,9-10H,3-6,8H2/t9-,10-/m1/s1. The molecule has 4 heteroatoms. The quantitative estimate of drug-likeness (QED) is 0.407. The minimum absolute atomic E-state index is 0.0442. The van der Waals surface area contributed by atoms with Crippen LogP contribution in [0, 0.1) is 23.2 Å². The third kappa shape index (κ3) is 1.73. The SMILES string of the molecule is N#CCCCN1C(=O)[C@@H]2CC=CC[C@H]2C1=O. The van der Waals surface area contributed by atoms with Crippen LogP contribution in [0.1, 0.15) is 25.7 Å².